The quantitative estimate of drug-likeness (QED) is 0.181. The van der Waals surface area contributed by atoms with Gasteiger partial charge in [-0.1, -0.05) is 121 Å². The van der Waals surface area contributed by atoms with Crippen LogP contribution in [0.2, 0.25) is 0 Å². The Bertz CT molecular complexity index is 3210. The molecule has 1 aliphatic heterocycles. The van der Waals surface area contributed by atoms with Gasteiger partial charge in [0, 0.05) is 22.3 Å². The average molecular weight is 723 g/mol. The number of fused-ring (bicyclic) bond motifs is 11. The van der Waals surface area contributed by atoms with Crippen LogP contribution in [0.25, 0.3) is 78.5 Å². The second-order valence-corrected chi connectivity index (χ2v) is 14.2. The third kappa shape index (κ3) is 4.49. The molecule has 2 aliphatic rings. The van der Waals surface area contributed by atoms with Gasteiger partial charge in [-0.05, 0) is 105 Å². The summed E-state index contributed by atoms with van der Waals surface area (Å²) in [6, 6.07) is 50.5. The van der Waals surface area contributed by atoms with Crippen LogP contribution in [0.3, 0.4) is 0 Å². The molecule has 10 aromatic rings. The van der Waals surface area contributed by atoms with Crippen molar-refractivity contribution in [3.05, 3.63) is 204 Å². The molecule has 5 nitrogen and oxygen atoms in total. The van der Waals surface area contributed by atoms with E-state index < -0.39 is 5.41 Å². The van der Waals surface area contributed by atoms with E-state index >= 15 is 0 Å². The molecule has 0 unspecified atom stereocenters. The van der Waals surface area contributed by atoms with Crippen LogP contribution in [-0.4, -0.2) is 9.97 Å². The molecule has 262 valence electrons. The van der Waals surface area contributed by atoms with Gasteiger partial charge in [0.2, 0.25) is 11.8 Å². The van der Waals surface area contributed by atoms with E-state index in [0.29, 0.717) is 56.2 Å². The largest absolute Gasteiger partial charge is 0.457 e. The van der Waals surface area contributed by atoms with Crippen molar-refractivity contribution in [1.82, 2.24) is 9.97 Å². The molecule has 5 heteroatoms. The highest BCUT2D eigenvalue weighted by molar-refractivity contribution is 5.91. The zero-order valence-electron chi connectivity index (χ0n) is 33.6. The molecule has 0 amide bonds. The lowest BCUT2D eigenvalue weighted by molar-refractivity contribution is 0.436. The Labute approximate surface area is 327 Å². The minimum atomic E-state index is -0.666. The summed E-state index contributed by atoms with van der Waals surface area (Å²) in [5, 5.41) is 0. The summed E-state index contributed by atoms with van der Waals surface area (Å²) in [5.74, 6) is 2.26. The van der Waals surface area contributed by atoms with E-state index in [9.17, 15) is 5.48 Å². The second kappa shape index (κ2) is 11.7. The molecule has 0 atom stereocenters. The predicted molar refractivity (Wildman–Crippen MR) is 221 cm³/mol. The SMILES string of the molecule is [2H]c1c([2H])c(-c2ccc3c(c2)-c2ccccc2C32c3ccccc3Oc3ccccc32)c([2H])c([2H])c1-c1cc(-c2nc3ccccc3o2)cc(-c2nc3ccccc3o2)c1. The maximum atomic E-state index is 9.50. The average Bonchev–Trinajstić information content (AvgIpc) is 4.00. The molecule has 8 aromatic carbocycles. The van der Waals surface area contributed by atoms with Gasteiger partial charge in [-0.15, -0.1) is 0 Å². The van der Waals surface area contributed by atoms with Crippen LogP contribution in [0.1, 0.15) is 27.7 Å². The Morgan fingerprint density at radius 3 is 1.48 bits per heavy atom. The van der Waals surface area contributed by atoms with Gasteiger partial charge >= 0.3 is 0 Å². The second-order valence-electron chi connectivity index (χ2n) is 14.2. The first kappa shape index (κ1) is 27.1. The summed E-state index contributed by atoms with van der Waals surface area (Å²) < 4.78 is 56.8. The lowest BCUT2D eigenvalue weighted by Crippen LogP contribution is -2.32. The van der Waals surface area contributed by atoms with E-state index in [-0.39, 0.29) is 35.3 Å². The van der Waals surface area contributed by atoms with Gasteiger partial charge in [0.15, 0.2) is 11.2 Å². The molecule has 0 saturated carbocycles. The summed E-state index contributed by atoms with van der Waals surface area (Å²) in [4.78, 5) is 9.48. The Kier molecular flexibility index (Phi) is 5.69. The van der Waals surface area contributed by atoms with Gasteiger partial charge in [0.05, 0.1) is 10.9 Å². The van der Waals surface area contributed by atoms with E-state index in [2.05, 4.69) is 36.4 Å². The van der Waals surface area contributed by atoms with E-state index in [0.717, 1.165) is 44.9 Å². The van der Waals surface area contributed by atoms with Crippen LogP contribution in [0, 0.1) is 0 Å². The molecule has 0 saturated heterocycles. The van der Waals surface area contributed by atoms with Gasteiger partial charge < -0.3 is 13.6 Å². The van der Waals surface area contributed by atoms with E-state index in [4.69, 9.17) is 23.5 Å². The number of ether oxygens (including phenoxy) is 1. The van der Waals surface area contributed by atoms with Crippen LogP contribution >= 0.6 is 0 Å². The first-order valence-electron chi connectivity index (χ1n) is 20.5. The number of benzene rings is 8. The fraction of sp³-hybridized carbons (Fsp3) is 0.0196. The van der Waals surface area contributed by atoms with E-state index in [1.807, 2.05) is 109 Å². The fourth-order valence-corrected chi connectivity index (χ4v) is 8.63. The Hall–Kier alpha value is -7.50. The van der Waals surface area contributed by atoms with Crippen molar-refractivity contribution in [3.63, 3.8) is 0 Å². The summed E-state index contributed by atoms with van der Waals surface area (Å²) in [6.07, 6.45) is 0. The van der Waals surface area contributed by atoms with Crippen LogP contribution in [-0.2, 0) is 5.41 Å². The van der Waals surface area contributed by atoms with Gasteiger partial charge in [0.25, 0.3) is 0 Å². The minimum absolute atomic E-state index is 0.143. The van der Waals surface area contributed by atoms with Crippen LogP contribution in [0.4, 0.5) is 0 Å². The molecular weight excluding hydrogens is 689 g/mol. The summed E-state index contributed by atoms with van der Waals surface area (Å²) in [7, 11) is 0. The third-order valence-electron chi connectivity index (χ3n) is 11.1. The van der Waals surface area contributed by atoms with Gasteiger partial charge in [-0.25, -0.2) is 9.97 Å². The number of nitrogens with zero attached hydrogens (tertiary/aromatic N) is 2. The Morgan fingerprint density at radius 1 is 0.393 bits per heavy atom. The number of hydrogen-bond donors (Lipinski definition) is 0. The van der Waals surface area contributed by atoms with Crippen LogP contribution in [0.15, 0.2) is 191 Å². The monoisotopic (exact) mass is 722 g/mol. The van der Waals surface area contributed by atoms with E-state index in [1.54, 1.807) is 12.1 Å². The van der Waals surface area contributed by atoms with Gasteiger partial charge in [-0.3, -0.25) is 0 Å². The molecule has 1 aliphatic carbocycles. The molecule has 0 radical (unpaired) electrons. The van der Waals surface area contributed by atoms with Crippen LogP contribution < -0.4 is 4.74 Å². The zero-order chi connectivity index (χ0) is 40.3. The molecule has 1 spiro atoms. The predicted octanol–water partition coefficient (Wildman–Crippen LogP) is 13.1. The lowest BCUT2D eigenvalue weighted by atomic mass is 9.66. The van der Waals surface area contributed by atoms with E-state index in [1.165, 1.54) is 0 Å². The van der Waals surface area contributed by atoms with Crippen molar-refractivity contribution in [2.75, 3.05) is 0 Å². The molecular formula is C51H30N2O3. The highest BCUT2D eigenvalue weighted by Crippen LogP contribution is 2.62. The first-order chi connectivity index (χ1) is 29.4. The summed E-state index contributed by atoms with van der Waals surface area (Å²) in [6.45, 7) is 0. The topological polar surface area (TPSA) is 61.3 Å². The molecule has 0 N–H and O–H groups in total. The van der Waals surface area contributed by atoms with Crippen molar-refractivity contribution >= 4 is 22.2 Å². The normalized spacial score (nSPS) is 14.3. The number of hydrogen-bond acceptors (Lipinski definition) is 5. The highest BCUT2D eigenvalue weighted by Gasteiger charge is 2.50. The maximum absolute atomic E-state index is 9.50. The van der Waals surface area contributed by atoms with Gasteiger partial charge in [0.1, 0.15) is 22.5 Å². The highest BCUT2D eigenvalue weighted by atomic mass is 16.5. The molecule has 2 aromatic heterocycles. The fourth-order valence-electron chi connectivity index (χ4n) is 8.63. The van der Waals surface area contributed by atoms with Crippen molar-refractivity contribution in [1.29, 1.82) is 0 Å². The number of rotatable bonds is 4. The maximum Gasteiger partial charge on any atom is 0.227 e. The summed E-state index contributed by atoms with van der Waals surface area (Å²) in [5.41, 5.74) is 10.7. The number of para-hydroxylation sites is 6. The standard InChI is InChI=1S/C51H30N2O3/c1-2-12-39-37(11-1)38-30-33(25-26-40(38)51(39)41-13-3-7-17-45(41)54-46-18-8-4-14-42(46)51)31-21-23-32(24-22-31)34-27-35(49-52-43-15-5-9-19-47(43)55-49)29-36(28-34)50-53-44-16-6-10-20-48(44)56-50/h1-30H/i21D,22D,23D,24D. The van der Waals surface area contributed by atoms with Crippen molar-refractivity contribution in [3.8, 4) is 67.8 Å². The Morgan fingerprint density at radius 2 is 0.875 bits per heavy atom. The van der Waals surface area contributed by atoms with Crippen molar-refractivity contribution < 1.29 is 19.1 Å². The van der Waals surface area contributed by atoms with Crippen LogP contribution in [0.5, 0.6) is 11.5 Å². The molecule has 0 fully saturated rings. The number of aromatic nitrogens is 2. The molecule has 0 bridgehead atoms. The smallest absolute Gasteiger partial charge is 0.227 e. The molecule has 56 heavy (non-hydrogen) atoms. The minimum Gasteiger partial charge on any atom is -0.457 e. The molecule has 3 heterocycles. The number of oxazole rings is 2. The molecule has 12 rings (SSSR count). The van der Waals surface area contributed by atoms with Crippen molar-refractivity contribution in [2.45, 2.75) is 5.41 Å². The lowest BCUT2D eigenvalue weighted by Gasteiger charge is -2.39. The van der Waals surface area contributed by atoms with Gasteiger partial charge in [-0.2, -0.15) is 0 Å². The first-order valence-corrected chi connectivity index (χ1v) is 18.5. The summed E-state index contributed by atoms with van der Waals surface area (Å²) >= 11 is 0. The zero-order valence-corrected chi connectivity index (χ0v) is 29.6. The third-order valence-corrected chi connectivity index (χ3v) is 11.1. The van der Waals surface area contributed by atoms with Crippen molar-refractivity contribution in [2.24, 2.45) is 0 Å². The Balaban J connectivity index is 1.04.